The monoisotopic (exact) mass is 289 g/mol. The van der Waals surface area contributed by atoms with Gasteiger partial charge in [0.05, 0.1) is 5.54 Å². The summed E-state index contributed by atoms with van der Waals surface area (Å²) in [5.74, 6) is 0.00214. The van der Waals surface area contributed by atoms with Crippen molar-refractivity contribution in [2.24, 2.45) is 5.73 Å². The van der Waals surface area contributed by atoms with E-state index in [1.807, 2.05) is 19.1 Å². The van der Waals surface area contributed by atoms with Crippen LogP contribution in [0.25, 0.3) is 0 Å². The fourth-order valence-corrected chi connectivity index (χ4v) is 2.22. The summed E-state index contributed by atoms with van der Waals surface area (Å²) >= 11 is 0. The zero-order valence-corrected chi connectivity index (χ0v) is 12.9. The van der Waals surface area contributed by atoms with Gasteiger partial charge in [-0.3, -0.25) is 9.59 Å². The van der Waals surface area contributed by atoms with Crippen molar-refractivity contribution in [1.82, 2.24) is 9.80 Å². The van der Waals surface area contributed by atoms with Gasteiger partial charge in [-0.2, -0.15) is 0 Å². The van der Waals surface area contributed by atoms with Crippen molar-refractivity contribution in [1.29, 1.82) is 0 Å². The zero-order valence-electron chi connectivity index (χ0n) is 12.9. The summed E-state index contributed by atoms with van der Waals surface area (Å²) in [6.45, 7) is 3.12. The first-order chi connectivity index (χ1) is 9.87. The molecule has 0 atom stereocenters. The third-order valence-electron chi connectivity index (χ3n) is 3.86. The van der Waals surface area contributed by atoms with E-state index in [1.54, 1.807) is 36.0 Å². The lowest BCUT2D eigenvalue weighted by Crippen LogP contribution is -2.45. The fraction of sp³-hybridized carbons (Fsp3) is 0.500. The van der Waals surface area contributed by atoms with Crippen LogP contribution >= 0.6 is 0 Å². The van der Waals surface area contributed by atoms with Gasteiger partial charge >= 0.3 is 0 Å². The van der Waals surface area contributed by atoms with Crippen LogP contribution in [0.4, 0.5) is 0 Å². The number of nitrogens with two attached hydrogens (primary N) is 1. The number of hydrogen-bond donors (Lipinski definition) is 1. The first-order valence-electron chi connectivity index (χ1n) is 7.26. The Hall–Kier alpha value is -1.88. The van der Waals surface area contributed by atoms with Gasteiger partial charge in [-0.05, 0) is 37.5 Å². The van der Waals surface area contributed by atoms with Crippen molar-refractivity contribution in [2.75, 3.05) is 20.6 Å². The number of amides is 2. The number of nitrogens with zero attached hydrogens (tertiary/aromatic N) is 2. The summed E-state index contributed by atoms with van der Waals surface area (Å²) in [6, 6.07) is 7.38. The van der Waals surface area contributed by atoms with E-state index in [4.69, 9.17) is 5.73 Å². The van der Waals surface area contributed by atoms with Gasteiger partial charge in [0.15, 0.2) is 0 Å². The van der Waals surface area contributed by atoms with Crippen LogP contribution in [-0.4, -0.2) is 47.8 Å². The standard InChI is InChI=1S/C16H23N3O2/c1-4-19(15(21)16(17)9-10-16)11-12-5-7-13(8-6-12)14(20)18(2)3/h5-8H,4,9-11,17H2,1-3H3. The molecule has 0 unspecified atom stereocenters. The van der Waals surface area contributed by atoms with Crippen molar-refractivity contribution in [3.8, 4) is 0 Å². The minimum atomic E-state index is -0.628. The lowest BCUT2D eigenvalue weighted by Gasteiger charge is -2.24. The summed E-state index contributed by atoms with van der Waals surface area (Å²) in [7, 11) is 3.45. The Morgan fingerprint density at radius 2 is 1.76 bits per heavy atom. The van der Waals surface area contributed by atoms with Gasteiger partial charge in [0.25, 0.3) is 5.91 Å². The molecule has 0 radical (unpaired) electrons. The number of hydrogen-bond acceptors (Lipinski definition) is 3. The van der Waals surface area contributed by atoms with E-state index in [1.165, 1.54) is 0 Å². The first kappa shape index (κ1) is 15.5. The molecule has 1 aromatic rings. The summed E-state index contributed by atoms with van der Waals surface area (Å²) in [5, 5.41) is 0. The van der Waals surface area contributed by atoms with Gasteiger partial charge in [0, 0.05) is 32.7 Å². The molecule has 1 aliphatic rings. The molecule has 0 heterocycles. The highest BCUT2D eigenvalue weighted by molar-refractivity contribution is 5.94. The molecule has 21 heavy (non-hydrogen) atoms. The van der Waals surface area contributed by atoms with E-state index in [0.29, 0.717) is 18.7 Å². The van der Waals surface area contributed by atoms with Gasteiger partial charge in [0.1, 0.15) is 0 Å². The highest BCUT2D eigenvalue weighted by Crippen LogP contribution is 2.34. The van der Waals surface area contributed by atoms with Crippen LogP contribution in [-0.2, 0) is 11.3 Å². The van der Waals surface area contributed by atoms with Crippen LogP contribution in [0.1, 0.15) is 35.7 Å². The maximum Gasteiger partial charge on any atom is 0.253 e. The molecule has 0 bridgehead atoms. The summed E-state index contributed by atoms with van der Waals surface area (Å²) in [5.41, 5.74) is 7.00. The first-order valence-corrected chi connectivity index (χ1v) is 7.26. The number of likely N-dealkylation sites (N-methyl/N-ethyl adjacent to an activating group) is 1. The van der Waals surface area contributed by atoms with E-state index < -0.39 is 5.54 Å². The molecule has 114 valence electrons. The molecule has 2 N–H and O–H groups in total. The van der Waals surface area contributed by atoms with Gasteiger partial charge in [-0.1, -0.05) is 12.1 Å². The Kier molecular flexibility index (Phi) is 4.32. The Balaban J connectivity index is 2.05. The Bertz CT molecular complexity index is 533. The number of rotatable bonds is 5. The number of carbonyl (C=O) groups excluding carboxylic acids is 2. The van der Waals surface area contributed by atoms with Gasteiger partial charge in [-0.25, -0.2) is 0 Å². The Morgan fingerprint density at radius 1 is 1.19 bits per heavy atom. The van der Waals surface area contributed by atoms with Gasteiger partial charge in [0.2, 0.25) is 5.91 Å². The van der Waals surface area contributed by atoms with Crippen molar-refractivity contribution in [3.63, 3.8) is 0 Å². The second-order valence-corrected chi connectivity index (χ2v) is 5.87. The molecule has 1 aliphatic carbocycles. The lowest BCUT2D eigenvalue weighted by atomic mass is 10.1. The van der Waals surface area contributed by atoms with Crippen LogP contribution in [0.2, 0.25) is 0 Å². The molecule has 2 rings (SSSR count). The summed E-state index contributed by atoms with van der Waals surface area (Å²) < 4.78 is 0. The molecule has 5 heteroatoms. The van der Waals surface area contributed by atoms with E-state index in [9.17, 15) is 9.59 Å². The third-order valence-corrected chi connectivity index (χ3v) is 3.86. The van der Waals surface area contributed by atoms with Crippen molar-refractivity contribution >= 4 is 11.8 Å². The molecule has 5 nitrogen and oxygen atoms in total. The second-order valence-electron chi connectivity index (χ2n) is 5.87. The van der Waals surface area contributed by atoms with E-state index in [-0.39, 0.29) is 11.8 Å². The molecule has 0 saturated heterocycles. The predicted molar refractivity (Wildman–Crippen MR) is 81.7 cm³/mol. The maximum atomic E-state index is 12.3. The molecular formula is C16H23N3O2. The van der Waals surface area contributed by atoms with Crippen LogP contribution in [0.15, 0.2) is 24.3 Å². The van der Waals surface area contributed by atoms with Crippen LogP contribution in [0, 0.1) is 0 Å². The highest BCUT2D eigenvalue weighted by Gasteiger charge is 2.47. The molecule has 1 saturated carbocycles. The molecule has 1 aromatic carbocycles. The third kappa shape index (κ3) is 3.42. The van der Waals surface area contributed by atoms with Crippen LogP contribution in [0.5, 0.6) is 0 Å². The van der Waals surface area contributed by atoms with Gasteiger partial charge < -0.3 is 15.5 Å². The average molecular weight is 289 g/mol. The smallest absolute Gasteiger partial charge is 0.253 e. The zero-order chi connectivity index (χ0) is 15.6. The molecule has 0 aromatic heterocycles. The van der Waals surface area contributed by atoms with E-state index >= 15 is 0 Å². The fourth-order valence-electron chi connectivity index (χ4n) is 2.22. The summed E-state index contributed by atoms with van der Waals surface area (Å²) in [6.07, 6.45) is 1.55. The second kappa shape index (κ2) is 5.85. The molecule has 0 spiro atoms. The lowest BCUT2D eigenvalue weighted by molar-refractivity contribution is -0.134. The number of benzene rings is 1. The van der Waals surface area contributed by atoms with E-state index in [0.717, 1.165) is 18.4 Å². The highest BCUT2D eigenvalue weighted by atomic mass is 16.2. The molecule has 0 aliphatic heterocycles. The minimum Gasteiger partial charge on any atom is -0.345 e. The molecular weight excluding hydrogens is 266 g/mol. The van der Waals surface area contributed by atoms with Crippen molar-refractivity contribution in [3.05, 3.63) is 35.4 Å². The quantitative estimate of drug-likeness (QED) is 0.886. The van der Waals surface area contributed by atoms with Crippen molar-refractivity contribution < 1.29 is 9.59 Å². The van der Waals surface area contributed by atoms with Crippen LogP contribution in [0.3, 0.4) is 0 Å². The van der Waals surface area contributed by atoms with Gasteiger partial charge in [-0.15, -0.1) is 0 Å². The van der Waals surface area contributed by atoms with Crippen LogP contribution < -0.4 is 5.73 Å². The van der Waals surface area contributed by atoms with E-state index in [2.05, 4.69) is 0 Å². The predicted octanol–water partition coefficient (Wildman–Crippen LogP) is 1.23. The van der Waals surface area contributed by atoms with Crippen molar-refractivity contribution in [2.45, 2.75) is 31.8 Å². The largest absolute Gasteiger partial charge is 0.345 e. The maximum absolute atomic E-state index is 12.3. The Labute approximate surface area is 125 Å². The summed E-state index contributed by atoms with van der Waals surface area (Å²) in [4.78, 5) is 27.4. The molecule has 2 amide bonds. The normalized spacial score (nSPS) is 15.4. The molecule has 1 fully saturated rings. The topological polar surface area (TPSA) is 66.6 Å². The minimum absolute atomic E-state index is 0.0242. The average Bonchev–Trinajstić information content (AvgIpc) is 3.23. The Morgan fingerprint density at radius 3 is 2.19 bits per heavy atom. The number of carbonyl (C=O) groups is 2. The SMILES string of the molecule is CCN(Cc1ccc(C(=O)N(C)C)cc1)C(=O)C1(N)CC1.